The number of rotatable bonds is 8. The third kappa shape index (κ3) is 5.62. The summed E-state index contributed by atoms with van der Waals surface area (Å²) in [5.41, 5.74) is 8.50. The lowest BCUT2D eigenvalue weighted by atomic mass is 9.79. The van der Waals surface area contributed by atoms with E-state index in [1.54, 1.807) is 12.1 Å². The first kappa shape index (κ1) is 25.4. The molecule has 0 spiro atoms. The number of ketones is 1. The van der Waals surface area contributed by atoms with Crippen LogP contribution in [0.4, 0.5) is 4.39 Å². The van der Waals surface area contributed by atoms with E-state index in [0.29, 0.717) is 5.56 Å². The average molecular weight is 491 g/mol. The Bertz CT molecular complexity index is 1080. The Kier molecular flexibility index (Phi) is 7.67. The van der Waals surface area contributed by atoms with Gasteiger partial charge in [0.1, 0.15) is 11.4 Å². The van der Waals surface area contributed by atoms with Crippen LogP contribution in [-0.2, 0) is 10.0 Å². The van der Waals surface area contributed by atoms with Crippen LogP contribution < -0.4 is 5.73 Å². The van der Waals surface area contributed by atoms with Crippen LogP contribution in [0.25, 0.3) is 0 Å². The smallest absolute Gasteiger partial charge is 0.176 e. The van der Waals surface area contributed by atoms with Gasteiger partial charge >= 0.3 is 0 Å². The first-order chi connectivity index (χ1) is 16.7. The summed E-state index contributed by atoms with van der Waals surface area (Å²) < 4.78 is 20.6. The number of hydrogen-bond acceptors (Lipinski definition) is 4. The molecule has 0 aromatic heterocycles. The molecule has 1 aliphatic heterocycles. The van der Waals surface area contributed by atoms with Gasteiger partial charge in [-0.15, -0.1) is 0 Å². The molecule has 1 fully saturated rings. The molecule has 0 amide bonds. The zero-order chi connectivity index (χ0) is 25.1. The molecule has 2 atom stereocenters. The van der Waals surface area contributed by atoms with E-state index in [1.165, 1.54) is 12.1 Å². The molecular weight excluding hydrogens is 455 g/mol. The molecule has 0 radical (unpaired) electrons. The molecule has 1 saturated heterocycles. The van der Waals surface area contributed by atoms with Gasteiger partial charge in [0, 0.05) is 11.6 Å². The highest BCUT2D eigenvalue weighted by molar-refractivity contribution is 6.32. The third-order valence-corrected chi connectivity index (χ3v) is 8.13. The van der Waals surface area contributed by atoms with Crippen LogP contribution in [-0.4, -0.2) is 39.2 Å². The minimum absolute atomic E-state index is 0.0737. The quantitative estimate of drug-likeness (QED) is 0.356. The zero-order valence-corrected chi connectivity index (χ0v) is 22.2. The van der Waals surface area contributed by atoms with Gasteiger partial charge in [0.05, 0.1) is 12.7 Å². The molecule has 3 aromatic rings. The molecule has 6 heteroatoms. The standard InChI is InChI=1S/C29H35FN2O2Si/c1-28(2,3)35-34-29(22-10-6-4-7-11-22,23-12-8-5-9-13-23)26-18-19-27(31)32(26)20-25(33)21-14-16-24(30)17-15-21/h4-17,26-27H,18-20,31,35H2,1-3H3/t26?,27-/m1/s1. The Balaban J connectivity index is 1.80. The first-order valence-electron chi connectivity index (χ1n) is 12.3. The van der Waals surface area contributed by atoms with Crippen LogP contribution in [0.2, 0.25) is 5.04 Å². The fourth-order valence-corrected chi connectivity index (χ4v) is 6.15. The first-order valence-corrected chi connectivity index (χ1v) is 13.5. The fraction of sp³-hybridized carbons (Fsp3) is 0.345. The van der Waals surface area contributed by atoms with Gasteiger partial charge < -0.3 is 10.2 Å². The lowest BCUT2D eigenvalue weighted by molar-refractivity contribution is 0.00891. The topological polar surface area (TPSA) is 55.6 Å². The fourth-order valence-electron chi connectivity index (χ4n) is 4.96. The molecule has 1 heterocycles. The number of likely N-dealkylation sites (tertiary alicyclic amines) is 1. The number of carbonyl (C=O) groups excluding carboxylic acids is 1. The maximum atomic E-state index is 13.4. The number of Topliss-reactive ketones (excluding diaryl/α,β-unsaturated/α-hetero) is 1. The number of hydrogen-bond donors (Lipinski definition) is 1. The van der Waals surface area contributed by atoms with Crippen LogP contribution in [0.5, 0.6) is 0 Å². The van der Waals surface area contributed by atoms with E-state index in [4.69, 9.17) is 10.2 Å². The van der Waals surface area contributed by atoms with Crippen molar-refractivity contribution in [1.29, 1.82) is 0 Å². The second-order valence-corrected chi connectivity index (χ2v) is 13.3. The minimum atomic E-state index is -0.992. The number of nitrogens with two attached hydrogens (primary N) is 1. The second-order valence-electron chi connectivity index (χ2n) is 10.6. The van der Waals surface area contributed by atoms with Crippen LogP contribution >= 0.6 is 0 Å². The zero-order valence-electron chi connectivity index (χ0n) is 20.8. The maximum Gasteiger partial charge on any atom is 0.176 e. The van der Waals surface area contributed by atoms with Gasteiger partial charge in [-0.2, -0.15) is 0 Å². The molecule has 0 aliphatic carbocycles. The normalized spacial score (nSPS) is 19.5. The van der Waals surface area contributed by atoms with E-state index in [0.717, 1.165) is 24.0 Å². The summed E-state index contributed by atoms with van der Waals surface area (Å²) >= 11 is 0. The third-order valence-electron chi connectivity index (χ3n) is 6.66. The predicted molar refractivity (Wildman–Crippen MR) is 141 cm³/mol. The number of carbonyl (C=O) groups is 1. The molecule has 0 saturated carbocycles. The summed E-state index contributed by atoms with van der Waals surface area (Å²) in [7, 11) is -0.992. The maximum absolute atomic E-state index is 13.4. The molecule has 184 valence electrons. The van der Waals surface area contributed by atoms with Crippen molar-refractivity contribution in [1.82, 2.24) is 4.90 Å². The molecule has 1 unspecified atom stereocenters. The lowest BCUT2D eigenvalue weighted by Gasteiger charge is -2.46. The van der Waals surface area contributed by atoms with Crippen LogP contribution in [0.1, 0.15) is 55.1 Å². The van der Waals surface area contributed by atoms with Gasteiger partial charge in [0.15, 0.2) is 15.5 Å². The highest BCUT2D eigenvalue weighted by atomic mass is 28.2. The Morgan fingerprint density at radius 1 is 0.943 bits per heavy atom. The van der Waals surface area contributed by atoms with Gasteiger partial charge in [-0.25, -0.2) is 4.39 Å². The molecule has 3 aromatic carbocycles. The molecule has 0 bridgehead atoms. The van der Waals surface area contributed by atoms with Crippen molar-refractivity contribution in [2.45, 2.75) is 56.5 Å². The van der Waals surface area contributed by atoms with E-state index in [1.807, 2.05) is 36.4 Å². The van der Waals surface area contributed by atoms with Crippen molar-refractivity contribution in [2.75, 3.05) is 6.54 Å². The van der Waals surface area contributed by atoms with Crippen LogP contribution in [0, 0.1) is 5.82 Å². The van der Waals surface area contributed by atoms with E-state index in [2.05, 4.69) is 49.9 Å². The van der Waals surface area contributed by atoms with Crippen molar-refractivity contribution < 1.29 is 13.6 Å². The summed E-state index contributed by atoms with van der Waals surface area (Å²) in [5, 5.41) is 0.0737. The van der Waals surface area contributed by atoms with E-state index in [-0.39, 0.29) is 35.4 Å². The van der Waals surface area contributed by atoms with Crippen LogP contribution in [0.15, 0.2) is 84.9 Å². The van der Waals surface area contributed by atoms with E-state index < -0.39 is 15.4 Å². The average Bonchev–Trinajstić information content (AvgIpc) is 3.21. The molecule has 2 N–H and O–H groups in total. The molecule has 4 nitrogen and oxygen atoms in total. The van der Waals surface area contributed by atoms with Crippen molar-refractivity contribution in [3.05, 3.63) is 107 Å². The monoisotopic (exact) mass is 490 g/mol. The van der Waals surface area contributed by atoms with Gasteiger partial charge in [-0.05, 0) is 53.3 Å². The van der Waals surface area contributed by atoms with Crippen molar-refractivity contribution in [2.24, 2.45) is 5.73 Å². The highest BCUT2D eigenvalue weighted by Gasteiger charge is 2.50. The Morgan fingerprint density at radius 2 is 1.49 bits per heavy atom. The molecule has 1 aliphatic rings. The lowest BCUT2D eigenvalue weighted by Crippen LogP contribution is -2.55. The van der Waals surface area contributed by atoms with Gasteiger partial charge in [0.2, 0.25) is 0 Å². The van der Waals surface area contributed by atoms with E-state index in [9.17, 15) is 9.18 Å². The van der Waals surface area contributed by atoms with Gasteiger partial charge in [-0.3, -0.25) is 9.69 Å². The van der Waals surface area contributed by atoms with Crippen molar-refractivity contribution >= 4 is 15.5 Å². The highest BCUT2D eigenvalue weighted by Crippen LogP contribution is 2.45. The molecule has 4 rings (SSSR count). The second kappa shape index (κ2) is 10.5. The summed E-state index contributed by atoms with van der Waals surface area (Å²) in [4.78, 5) is 15.4. The minimum Gasteiger partial charge on any atom is -0.409 e. The van der Waals surface area contributed by atoms with Crippen LogP contribution in [0.3, 0.4) is 0 Å². The van der Waals surface area contributed by atoms with E-state index >= 15 is 0 Å². The Labute approximate surface area is 210 Å². The number of halogens is 1. The Hall–Kier alpha value is -2.64. The Morgan fingerprint density at radius 3 is 2.00 bits per heavy atom. The largest absolute Gasteiger partial charge is 0.409 e. The molecular formula is C29H35FN2O2Si. The van der Waals surface area contributed by atoms with Crippen molar-refractivity contribution in [3.8, 4) is 0 Å². The number of benzene rings is 3. The predicted octanol–water partition coefficient (Wildman–Crippen LogP) is 5.02. The van der Waals surface area contributed by atoms with Gasteiger partial charge in [0.25, 0.3) is 0 Å². The summed E-state index contributed by atoms with van der Waals surface area (Å²) in [6.45, 7) is 6.81. The summed E-state index contributed by atoms with van der Waals surface area (Å²) in [6.07, 6.45) is 1.31. The summed E-state index contributed by atoms with van der Waals surface area (Å²) in [5.74, 6) is -0.430. The number of nitrogens with zero attached hydrogens (tertiary/aromatic N) is 1. The summed E-state index contributed by atoms with van der Waals surface area (Å²) in [6, 6.07) is 26.3. The van der Waals surface area contributed by atoms with Crippen molar-refractivity contribution in [3.63, 3.8) is 0 Å². The van der Waals surface area contributed by atoms with Gasteiger partial charge in [-0.1, -0.05) is 81.4 Å². The molecule has 35 heavy (non-hydrogen) atoms. The SMILES string of the molecule is CC(C)(C)[SiH2]OC(c1ccccc1)(c1ccccc1)C1CC[C@H](N)N1CC(=O)c1ccc(F)cc1.